The van der Waals surface area contributed by atoms with Gasteiger partial charge in [0.1, 0.15) is 0 Å². The largest absolute Gasteiger partial charge is 0.382 e. The molecule has 0 saturated heterocycles. The predicted molar refractivity (Wildman–Crippen MR) is 403 cm³/mol. The highest BCUT2D eigenvalue weighted by atomic mass is 15.0. The van der Waals surface area contributed by atoms with Crippen LogP contribution in [-0.2, 0) is 38.5 Å². The molecule has 0 amide bonds. The van der Waals surface area contributed by atoms with Crippen LogP contribution in [-0.4, -0.2) is 36.3 Å². The maximum absolute atomic E-state index is 4.00. The van der Waals surface area contributed by atoms with E-state index in [-0.39, 0.29) is 0 Å². The molecule has 5 aromatic rings. The number of rotatable bonds is 34. The standard InChI is InChI=1S/C32H40N2.2C26H48N2/c1-5-13-25(14-6-1)21-27-23-28(22-26-15-7-2-8-16-26)32(34-30-19-11-4-12-20-30)24-31(27)33-29-17-9-3-10-18-29;1-17(2)11-21(9)27-25-16-26(28-22(10)12-18(3)4)24(14-20(7)8)15-23(25)13-19(5)6;1-9-11-13-23-17-24(14-12-10-2)26(28-22(8)16-20(5)6)18-25(23)27-21(7)15-19(3)4/h1-2,5-8,13-16,23-24,29-30,33-34H,3-4,9-12,17-22H2;15-22,27-28H,11-14H2,1-10H3;17-22,27-28H,9-16H2,1-8H3. The van der Waals surface area contributed by atoms with E-state index in [1.165, 1.54) is 207 Å². The Labute approximate surface area is 555 Å². The number of unbranched alkanes of at least 4 members (excludes halogenated alkanes) is 2. The van der Waals surface area contributed by atoms with Crippen molar-refractivity contribution in [2.45, 2.75) is 315 Å². The fraction of sp³-hybridized carbons (Fsp3) is 0.643. The smallest absolute Gasteiger partial charge is 0.0399 e. The van der Waals surface area contributed by atoms with Gasteiger partial charge in [-0.05, 0) is 229 Å². The molecule has 0 aromatic heterocycles. The molecular formula is C84H136N6. The van der Waals surface area contributed by atoms with E-state index in [1.54, 1.807) is 0 Å². The Balaban J connectivity index is 0.000000248. The SMILES string of the molecule is CC(C)Cc1cc(CC(C)C)c(NC(C)CC(C)C)cc1NC(C)CC(C)C.CCCCc1cc(CCCC)c(NC(C)CC(C)C)cc1NC(C)CC(C)C.c1ccc(Cc2cc(Cc3ccccc3)c(NC3CCCCC3)cc2NC2CCCCC2)cc1. The van der Waals surface area contributed by atoms with E-state index in [2.05, 4.69) is 254 Å². The highest BCUT2D eigenvalue weighted by Gasteiger charge is 2.22. The summed E-state index contributed by atoms with van der Waals surface area (Å²) in [7, 11) is 0. The number of nitrogens with one attached hydrogen (secondary N) is 6. The molecule has 2 aliphatic carbocycles. The Morgan fingerprint density at radius 1 is 0.322 bits per heavy atom. The Bertz CT molecular complexity index is 2540. The lowest BCUT2D eigenvalue weighted by Crippen LogP contribution is -2.25. The summed E-state index contributed by atoms with van der Waals surface area (Å²) in [6.07, 6.45) is 29.7. The van der Waals surface area contributed by atoms with Gasteiger partial charge in [-0.15, -0.1) is 0 Å². The number of hydrogen-bond donors (Lipinski definition) is 6. The first-order valence-corrected chi connectivity index (χ1v) is 37.2. The fourth-order valence-corrected chi connectivity index (χ4v) is 14.2. The molecule has 90 heavy (non-hydrogen) atoms. The third-order valence-corrected chi connectivity index (χ3v) is 18.2. The molecule has 5 aromatic carbocycles. The lowest BCUT2D eigenvalue weighted by atomic mass is 9.91. The van der Waals surface area contributed by atoms with Crippen LogP contribution < -0.4 is 31.9 Å². The second-order valence-electron chi connectivity index (χ2n) is 30.9. The summed E-state index contributed by atoms with van der Waals surface area (Å²) in [5.74, 6) is 4.17. The summed E-state index contributed by atoms with van der Waals surface area (Å²) in [5, 5.41) is 23.4. The van der Waals surface area contributed by atoms with Crippen LogP contribution in [0.1, 0.15) is 285 Å². The minimum atomic E-state index is 0.489. The van der Waals surface area contributed by atoms with E-state index >= 15 is 0 Å². The lowest BCUT2D eigenvalue weighted by Gasteiger charge is -2.29. The third kappa shape index (κ3) is 28.8. The van der Waals surface area contributed by atoms with Crippen molar-refractivity contribution in [1.29, 1.82) is 0 Å². The Kier molecular flexibility index (Phi) is 34.3. The molecule has 0 spiro atoms. The van der Waals surface area contributed by atoms with E-state index in [0.29, 0.717) is 71.8 Å². The Morgan fingerprint density at radius 3 is 0.911 bits per heavy atom. The van der Waals surface area contributed by atoms with Gasteiger partial charge in [0, 0.05) is 70.4 Å². The van der Waals surface area contributed by atoms with Crippen LogP contribution >= 0.6 is 0 Å². The fourth-order valence-electron chi connectivity index (χ4n) is 14.2. The van der Waals surface area contributed by atoms with E-state index in [0.717, 1.165) is 25.7 Å². The van der Waals surface area contributed by atoms with E-state index < -0.39 is 0 Å². The summed E-state index contributed by atoms with van der Waals surface area (Å²) < 4.78 is 0. The molecule has 0 aliphatic heterocycles. The number of anilines is 6. The van der Waals surface area contributed by atoms with Crippen LogP contribution in [0.3, 0.4) is 0 Å². The van der Waals surface area contributed by atoms with Gasteiger partial charge in [0.15, 0.2) is 0 Å². The Morgan fingerprint density at radius 2 is 0.611 bits per heavy atom. The van der Waals surface area contributed by atoms with Crippen LogP contribution in [0.5, 0.6) is 0 Å². The van der Waals surface area contributed by atoms with Gasteiger partial charge < -0.3 is 31.9 Å². The quantitative estimate of drug-likeness (QED) is 0.0247. The summed E-state index contributed by atoms with van der Waals surface area (Å²) in [6.45, 7) is 41.6. The molecule has 0 radical (unpaired) electrons. The zero-order chi connectivity index (χ0) is 65.5. The van der Waals surface area contributed by atoms with Crippen molar-refractivity contribution in [3.63, 3.8) is 0 Å². The van der Waals surface area contributed by atoms with Crippen molar-refractivity contribution in [2.24, 2.45) is 35.5 Å². The van der Waals surface area contributed by atoms with Crippen LogP contribution in [0.25, 0.3) is 0 Å². The van der Waals surface area contributed by atoms with Crippen molar-refractivity contribution >= 4 is 34.1 Å². The molecule has 7 rings (SSSR count). The van der Waals surface area contributed by atoms with Gasteiger partial charge in [0.2, 0.25) is 0 Å². The van der Waals surface area contributed by atoms with E-state index in [4.69, 9.17) is 0 Å². The molecule has 2 saturated carbocycles. The second kappa shape index (κ2) is 40.8. The summed E-state index contributed by atoms with van der Waals surface area (Å²) in [6, 6.07) is 39.9. The molecule has 6 nitrogen and oxygen atoms in total. The highest BCUT2D eigenvalue weighted by Crippen LogP contribution is 2.36. The monoisotopic (exact) mass is 1230 g/mol. The summed E-state index contributed by atoms with van der Waals surface area (Å²) >= 11 is 0. The summed E-state index contributed by atoms with van der Waals surface area (Å²) in [5.41, 5.74) is 19.6. The first-order valence-electron chi connectivity index (χ1n) is 37.2. The average molecular weight is 1230 g/mol. The number of benzene rings is 5. The minimum absolute atomic E-state index is 0.489. The second-order valence-corrected chi connectivity index (χ2v) is 30.9. The average Bonchev–Trinajstić information content (AvgIpc) is 2.21. The van der Waals surface area contributed by atoms with Crippen molar-refractivity contribution in [3.05, 3.63) is 142 Å². The first-order chi connectivity index (χ1) is 43.1. The molecule has 2 fully saturated rings. The van der Waals surface area contributed by atoms with Crippen LogP contribution in [0.2, 0.25) is 0 Å². The minimum Gasteiger partial charge on any atom is -0.382 e. The highest BCUT2D eigenvalue weighted by molar-refractivity contribution is 5.69. The first kappa shape index (κ1) is 75.6. The predicted octanol–water partition coefficient (Wildman–Crippen LogP) is 24.2. The van der Waals surface area contributed by atoms with Gasteiger partial charge >= 0.3 is 0 Å². The van der Waals surface area contributed by atoms with Crippen molar-refractivity contribution < 1.29 is 0 Å². The molecule has 0 bridgehead atoms. The molecule has 4 unspecified atom stereocenters. The molecular weight excluding hydrogens is 1090 g/mol. The maximum atomic E-state index is 4.00. The van der Waals surface area contributed by atoms with Gasteiger partial charge in [-0.1, -0.05) is 227 Å². The molecule has 502 valence electrons. The third-order valence-electron chi connectivity index (χ3n) is 18.2. The van der Waals surface area contributed by atoms with Gasteiger partial charge in [0.05, 0.1) is 0 Å². The zero-order valence-electron chi connectivity index (χ0n) is 61.1. The van der Waals surface area contributed by atoms with E-state index in [1.807, 2.05) is 0 Å². The van der Waals surface area contributed by atoms with Gasteiger partial charge in [-0.2, -0.15) is 0 Å². The van der Waals surface area contributed by atoms with Crippen LogP contribution in [0.4, 0.5) is 34.1 Å². The van der Waals surface area contributed by atoms with E-state index in [9.17, 15) is 0 Å². The molecule has 6 heteroatoms. The lowest BCUT2D eigenvalue weighted by molar-refractivity contribution is 0.461. The molecule has 2 aliphatic rings. The normalized spacial score (nSPS) is 15.3. The molecule has 4 atom stereocenters. The van der Waals surface area contributed by atoms with Gasteiger partial charge in [-0.3, -0.25) is 0 Å². The number of hydrogen-bond acceptors (Lipinski definition) is 6. The Hall–Kier alpha value is -5.10. The van der Waals surface area contributed by atoms with Crippen molar-refractivity contribution in [1.82, 2.24) is 0 Å². The maximum Gasteiger partial charge on any atom is 0.0399 e. The van der Waals surface area contributed by atoms with Gasteiger partial charge in [-0.25, -0.2) is 0 Å². The molecule has 6 N–H and O–H groups in total. The van der Waals surface area contributed by atoms with Gasteiger partial charge in [0.25, 0.3) is 0 Å². The van der Waals surface area contributed by atoms with Crippen molar-refractivity contribution in [2.75, 3.05) is 31.9 Å². The van der Waals surface area contributed by atoms with Crippen molar-refractivity contribution in [3.8, 4) is 0 Å². The zero-order valence-corrected chi connectivity index (χ0v) is 61.1. The number of aryl methyl sites for hydroxylation is 2. The van der Waals surface area contributed by atoms with Crippen LogP contribution in [0.15, 0.2) is 97.1 Å². The molecule has 0 heterocycles. The van der Waals surface area contributed by atoms with Crippen LogP contribution in [0, 0.1) is 35.5 Å². The topological polar surface area (TPSA) is 72.2 Å². The summed E-state index contributed by atoms with van der Waals surface area (Å²) in [4.78, 5) is 0.